The Bertz CT molecular complexity index is 548. The van der Waals surface area contributed by atoms with Gasteiger partial charge in [-0.15, -0.1) is 0 Å². The van der Waals surface area contributed by atoms with E-state index in [0.29, 0.717) is 30.7 Å². The van der Waals surface area contributed by atoms with E-state index in [1.54, 1.807) is 12.1 Å². The van der Waals surface area contributed by atoms with E-state index in [2.05, 4.69) is 9.97 Å². The number of carbonyl (C=O) groups is 1. The Morgan fingerprint density at radius 1 is 1.44 bits per heavy atom. The van der Waals surface area contributed by atoms with E-state index in [1.165, 1.54) is 7.11 Å². The number of para-hydroxylation sites is 1. The predicted octanol–water partition coefficient (Wildman–Crippen LogP) is 1.93. The van der Waals surface area contributed by atoms with Gasteiger partial charge in [0.2, 0.25) is 0 Å². The third-order valence-electron chi connectivity index (χ3n) is 2.65. The third-order valence-corrected chi connectivity index (χ3v) is 2.65. The van der Waals surface area contributed by atoms with Crippen LogP contribution in [0.1, 0.15) is 23.1 Å². The SMILES string of the molecule is CCOCCc1nc2c(C(=O)OC)cccc2[nH]1. The summed E-state index contributed by atoms with van der Waals surface area (Å²) in [5.41, 5.74) is 1.97. The molecule has 1 aromatic heterocycles. The zero-order valence-electron chi connectivity index (χ0n) is 10.5. The molecule has 1 heterocycles. The second-order valence-corrected chi connectivity index (χ2v) is 3.82. The molecule has 1 N–H and O–H groups in total. The molecule has 0 aliphatic rings. The minimum Gasteiger partial charge on any atom is -0.465 e. The van der Waals surface area contributed by atoms with Crippen molar-refractivity contribution in [2.24, 2.45) is 0 Å². The lowest BCUT2D eigenvalue weighted by molar-refractivity contribution is 0.0603. The number of rotatable bonds is 5. The first-order chi connectivity index (χ1) is 8.76. The van der Waals surface area contributed by atoms with E-state index in [9.17, 15) is 4.79 Å². The minimum absolute atomic E-state index is 0.372. The van der Waals surface area contributed by atoms with Crippen molar-refractivity contribution in [1.29, 1.82) is 0 Å². The maximum absolute atomic E-state index is 11.6. The highest BCUT2D eigenvalue weighted by Gasteiger charge is 2.13. The van der Waals surface area contributed by atoms with Crippen LogP contribution < -0.4 is 0 Å². The Morgan fingerprint density at radius 3 is 3.00 bits per heavy atom. The van der Waals surface area contributed by atoms with Crippen molar-refractivity contribution >= 4 is 17.0 Å². The van der Waals surface area contributed by atoms with Crippen LogP contribution in [0.25, 0.3) is 11.0 Å². The lowest BCUT2D eigenvalue weighted by Gasteiger charge is -1.98. The number of H-pyrrole nitrogens is 1. The fourth-order valence-electron chi connectivity index (χ4n) is 1.79. The van der Waals surface area contributed by atoms with E-state index < -0.39 is 0 Å². The van der Waals surface area contributed by atoms with E-state index in [-0.39, 0.29) is 5.97 Å². The summed E-state index contributed by atoms with van der Waals surface area (Å²) in [5.74, 6) is 0.443. The first-order valence-corrected chi connectivity index (χ1v) is 5.90. The van der Waals surface area contributed by atoms with Crippen molar-refractivity contribution < 1.29 is 14.3 Å². The lowest BCUT2D eigenvalue weighted by Crippen LogP contribution is -2.02. The Kier molecular flexibility index (Phi) is 3.94. The fourth-order valence-corrected chi connectivity index (χ4v) is 1.79. The monoisotopic (exact) mass is 248 g/mol. The Hall–Kier alpha value is -1.88. The summed E-state index contributed by atoms with van der Waals surface area (Å²) in [7, 11) is 1.36. The molecule has 5 nitrogen and oxygen atoms in total. The highest BCUT2D eigenvalue weighted by molar-refractivity contribution is 6.01. The second kappa shape index (κ2) is 5.64. The van der Waals surface area contributed by atoms with Crippen LogP contribution in [0.3, 0.4) is 0 Å². The number of benzene rings is 1. The maximum atomic E-state index is 11.6. The molecule has 0 fully saturated rings. The number of fused-ring (bicyclic) bond motifs is 1. The number of nitrogens with zero attached hydrogens (tertiary/aromatic N) is 1. The van der Waals surface area contributed by atoms with Gasteiger partial charge >= 0.3 is 5.97 Å². The molecular weight excluding hydrogens is 232 g/mol. The molecule has 0 amide bonds. The van der Waals surface area contributed by atoms with Gasteiger partial charge in [-0.25, -0.2) is 9.78 Å². The van der Waals surface area contributed by atoms with Gasteiger partial charge in [-0.3, -0.25) is 0 Å². The Balaban J connectivity index is 2.29. The van der Waals surface area contributed by atoms with Gasteiger partial charge in [-0.1, -0.05) is 6.07 Å². The molecule has 0 aliphatic heterocycles. The summed E-state index contributed by atoms with van der Waals surface area (Å²) in [6.45, 7) is 3.26. The molecule has 0 atom stereocenters. The minimum atomic E-state index is -0.372. The molecule has 0 saturated heterocycles. The summed E-state index contributed by atoms with van der Waals surface area (Å²) < 4.78 is 10.0. The lowest BCUT2D eigenvalue weighted by atomic mass is 10.2. The van der Waals surface area contributed by atoms with Crippen molar-refractivity contribution in [2.75, 3.05) is 20.3 Å². The van der Waals surface area contributed by atoms with Crippen molar-refractivity contribution in [2.45, 2.75) is 13.3 Å². The molecular formula is C13H16N2O3. The van der Waals surface area contributed by atoms with Gasteiger partial charge in [0.25, 0.3) is 0 Å². The van der Waals surface area contributed by atoms with Gasteiger partial charge in [0.1, 0.15) is 11.3 Å². The van der Waals surface area contributed by atoms with E-state index in [4.69, 9.17) is 9.47 Å². The molecule has 5 heteroatoms. The zero-order valence-corrected chi connectivity index (χ0v) is 10.5. The summed E-state index contributed by atoms with van der Waals surface area (Å²) in [4.78, 5) is 19.2. The number of nitrogens with one attached hydrogen (secondary N) is 1. The Morgan fingerprint density at radius 2 is 2.28 bits per heavy atom. The first kappa shape index (κ1) is 12.6. The molecule has 18 heavy (non-hydrogen) atoms. The van der Waals surface area contributed by atoms with Crippen molar-refractivity contribution in [3.63, 3.8) is 0 Å². The van der Waals surface area contributed by atoms with E-state index in [1.807, 2.05) is 13.0 Å². The van der Waals surface area contributed by atoms with Crippen LogP contribution >= 0.6 is 0 Å². The molecule has 0 bridgehead atoms. The number of imidazole rings is 1. The molecule has 1 aromatic carbocycles. The van der Waals surface area contributed by atoms with E-state index in [0.717, 1.165) is 11.3 Å². The smallest absolute Gasteiger partial charge is 0.340 e. The second-order valence-electron chi connectivity index (χ2n) is 3.82. The maximum Gasteiger partial charge on any atom is 0.340 e. The normalized spacial score (nSPS) is 10.8. The molecule has 0 unspecified atom stereocenters. The molecule has 0 saturated carbocycles. The average molecular weight is 248 g/mol. The fraction of sp³-hybridized carbons (Fsp3) is 0.385. The number of aromatic nitrogens is 2. The molecule has 2 aromatic rings. The number of hydrogen-bond donors (Lipinski definition) is 1. The van der Waals surface area contributed by atoms with Crippen LogP contribution in [-0.2, 0) is 15.9 Å². The van der Waals surface area contributed by atoms with Gasteiger partial charge in [0.15, 0.2) is 0 Å². The van der Waals surface area contributed by atoms with E-state index >= 15 is 0 Å². The van der Waals surface area contributed by atoms with Crippen LogP contribution in [-0.4, -0.2) is 36.3 Å². The van der Waals surface area contributed by atoms with Crippen LogP contribution in [0.5, 0.6) is 0 Å². The van der Waals surface area contributed by atoms with Gasteiger partial charge in [0.05, 0.1) is 24.8 Å². The quantitative estimate of drug-likeness (QED) is 0.648. The summed E-state index contributed by atoms with van der Waals surface area (Å²) >= 11 is 0. The third kappa shape index (κ3) is 2.51. The molecule has 2 rings (SSSR count). The molecule has 0 radical (unpaired) electrons. The highest BCUT2D eigenvalue weighted by Crippen LogP contribution is 2.17. The predicted molar refractivity (Wildman–Crippen MR) is 67.6 cm³/mol. The van der Waals surface area contributed by atoms with Gasteiger partial charge in [-0.2, -0.15) is 0 Å². The summed E-state index contributed by atoms with van der Waals surface area (Å²) in [6.07, 6.45) is 0.698. The molecule has 96 valence electrons. The Labute approximate surface area is 105 Å². The largest absolute Gasteiger partial charge is 0.465 e. The number of ether oxygens (including phenoxy) is 2. The van der Waals surface area contributed by atoms with Gasteiger partial charge < -0.3 is 14.5 Å². The standard InChI is InChI=1S/C13H16N2O3/c1-3-18-8-7-11-14-10-6-4-5-9(12(10)15-11)13(16)17-2/h4-6H,3,7-8H2,1-2H3,(H,14,15). The zero-order chi connectivity index (χ0) is 13.0. The van der Waals surface area contributed by atoms with Crippen LogP contribution in [0.2, 0.25) is 0 Å². The first-order valence-electron chi connectivity index (χ1n) is 5.90. The van der Waals surface area contributed by atoms with Gasteiger partial charge in [-0.05, 0) is 19.1 Å². The molecule has 0 spiro atoms. The van der Waals surface area contributed by atoms with Crippen LogP contribution in [0, 0.1) is 0 Å². The van der Waals surface area contributed by atoms with Crippen molar-refractivity contribution in [3.8, 4) is 0 Å². The summed E-state index contributed by atoms with van der Waals surface area (Å²) in [5, 5.41) is 0. The highest BCUT2D eigenvalue weighted by atomic mass is 16.5. The van der Waals surface area contributed by atoms with Crippen molar-refractivity contribution in [1.82, 2.24) is 9.97 Å². The van der Waals surface area contributed by atoms with Gasteiger partial charge in [0, 0.05) is 13.0 Å². The molecule has 0 aliphatic carbocycles. The number of carbonyl (C=O) groups excluding carboxylic acids is 1. The van der Waals surface area contributed by atoms with Crippen LogP contribution in [0.15, 0.2) is 18.2 Å². The summed E-state index contributed by atoms with van der Waals surface area (Å²) in [6, 6.07) is 5.40. The average Bonchev–Trinajstić information content (AvgIpc) is 2.80. The van der Waals surface area contributed by atoms with Crippen LogP contribution in [0.4, 0.5) is 0 Å². The topological polar surface area (TPSA) is 64.2 Å². The number of esters is 1. The number of methoxy groups -OCH3 is 1. The van der Waals surface area contributed by atoms with Crippen molar-refractivity contribution in [3.05, 3.63) is 29.6 Å². The number of aromatic amines is 1. The number of hydrogen-bond acceptors (Lipinski definition) is 4.